The highest BCUT2D eigenvalue weighted by Gasteiger charge is 2.20. The van der Waals surface area contributed by atoms with Gasteiger partial charge in [-0.15, -0.1) is 0 Å². The fourth-order valence-electron chi connectivity index (χ4n) is 2.06. The molecule has 2 atom stereocenters. The van der Waals surface area contributed by atoms with Crippen molar-refractivity contribution in [2.45, 2.75) is 38.0 Å². The number of aliphatic imine (C=N–C) groups is 1. The van der Waals surface area contributed by atoms with E-state index in [2.05, 4.69) is 17.2 Å². The van der Waals surface area contributed by atoms with E-state index in [1.165, 1.54) is 18.9 Å². The molecule has 2 unspecified atom stereocenters. The van der Waals surface area contributed by atoms with Crippen LogP contribution in [0.1, 0.15) is 38.3 Å². The molecule has 1 heterocycles. The molecular formula is C14H19FN2S. The zero-order valence-electron chi connectivity index (χ0n) is 10.8. The zero-order valence-corrected chi connectivity index (χ0v) is 11.6. The molecular weight excluding hydrogens is 247 g/mol. The molecule has 0 aliphatic carbocycles. The van der Waals surface area contributed by atoms with Crippen molar-refractivity contribution in [2.24, 2.45) is 4.99 Å². The van der Waals surface area contributed by atoms with Gasteiger partial charge in [-0.05, 0) is 19.4 Å². The third-order valence-corrected chi connectivity index (χ3v) is 4.23. The number of hydrogen-bond donors (Lipinski definition) is 1. The highest BCUT2D eigenvalue weighted by Crippen LogP contribution is 2.26. The Kier molecular flexibility index (Phi) is 4.64. The lowest BCUT2D eigenvalue weighted by atomic mass is 10.1. The third-order valence-electron chi connectivity index (χ3n) is 3.04. The molecule has 0 saturated carbocycles. The summed E-state index contributed by atoms with van der Waals surface area (Å²) >= 11 is 1.78. The average Bonchev–Trinajstić information content (AvgIpc) is 2.77. The predicted molar refractivity (Wildman–Crippen MR) is 76.5 cm³/mol. The first-order valence-corrected chi connectivity index (χ1v) is 7.30. The van der Waals surface area contributed by atoms with Gasteiger partial charge >= 0.3 is 0 Å². The summed E-state index contributed by atoms with van der Waals surface area (Å²) in [7, 11) is 0. The maximum absolute atomic E-state index is 13.6. The molecule has 0 amide bonds. The van der Waals surface area contributed by atoms with Gasteiger partial charge in [-0.25, -0.2) is 4.39 Å². The second kappa shape index (κ2) is 6.23. The Labute approximate surface area is 112 Å². The molecule has 2 rings (SSSR count). The van der Waals surface area contributed by atoms with E-state index in [-0.39, 0.29) is 11.9 Å². The van der Waals surface area contributed by atoms with Gasteiger partial charge in [-0.2, -0.15) is 0 Å². The molecule has 4 heteroatoms. The summed E-state index contributed by atoms with van der Waals surface area (Å²) in [4.78, 5) is 4.48. The minimum absolute atomic E-state index is 0.0437. The maximum Gasteiger partial charge on any atom is 0.157 e. The highest BCUT2D eigenvalue weighted by atomic mass is 32.2. The number of halogens is 1. The summed E-state index contributed by atoms with van der Waals surface area (Å²) in [5, 5.41) is 4.83. The van der Waals surface area contributed by atoms with Crippen molar-refractivity contribution >= 4 is 16.9 Å². The van der Waals surface area contributed by atoms with Crippen LogP contribution in [0.15, 0.2) is 29.3 Å². The number of nitrogens with one attached hydrogen (secondary N) is 1. The quantitative estimate of drug-likeness (QED) is 0.897. The summed E-state index contributed by atoms with van der Waals surface area (Å²) < 4.78 is 13.6. The largest absolute Gasteiger partial charge is 0.358 e. The van der Waals surface area contributed by atoms with E-state index < -0.39 is 0 Å². The Bertz CT molecular complexity index is 434. The van der Waals surface area contributed by atoms with Crippen LogP contribution in [0.4, 0.5) is 4.39 Å². The number of rotatable bonds is 4. The van der Waals surface area contributed by atoms with Crippen LogP contribution < -0.4 is 5.32 Å². The van der Waals surface area contributed by atoms with E-state index in [0.717, 1.165) is 11.7 Å². The van der Waals surface area contributed by atoms with Crippen LogP contribution in [-0.4, -0.2) is 17.0 Å². The molecule has 0 aromatic heterocycles. The lowest BCUT2D eigenvalue weighted by Gasteiger charge is -2.16. The number of thioether (sulfide) groups is 1. The number of benzene rings is 1. The predicted octanol–water partition coefficient (Wildman–Crippen LogP) is 3.75. The van der Waals surface area contributed by atoms with Crippen molar-refractivity contribution in [3.8, 4) is 0 Å². The van der Waals surface area contributed by atoms with Gasteiger partial charge in [0.25, 0.3) is 0 Å². The SMILES string of the molecule is CCCC1CN=C(NC(C)c2ccccc2F)S1. The molecule has 0 bridgehead atoms. The second-order valence-electron chi connectivity index (χ2n) is 4.56. The minimum Gasteiger partial charge on any atom is -0.358 e. The molecule has 18 heavy (non-hydrogen) atoms. The fraction of sp³-hybridized carbons (Fsp3) is 0.500. The fourth-order valence-corrected chi connectivity index (χ4v) is 3.27. The number of nitrogens with zero attached hydrogens (tertiary/aromatic N) is 1. The van der Waals surface area contributed by atoms with Gasteiger partial charge in [0.05, 0.1) is 12.6 Å². The smallest absolute Gasteiger partial charge is 0.157 e. The van der Waals surface area contributed by atoms with Crippen LogP contribution in [-0.2, 0) is 0 Å². The average molecular weight is 266 g/mol. The first kappa shape index (κ1) is 13.4. The van der Waals surface area contributed by atoms with E-state index in [4.69, 9.17) is 0 Å². The number of amidine groups is 1. The minimum atomic E-state index is -0.161. The molecule has 0 radical (unpaired) electrons. The van der Waals surface area contributed by atoms with E-state index in [9.17, 15) is 4.39 Å². The Balaban J connectivity index is 1.93. The van der Waals surface area contributed by atoms with Gasteiger partial charge in [-0.1, -0.05) is 43.3 Å². The molecule has 0 fully saturated rings. The van der Waals surface area contributed by atoms with Crippen molar-refractivity contribution in [3.05, 3.63) is 35.6 Å². The molecule has 1 aromatic rings. The van der Waals surface area contributed by atoms with Crippen LogP contribution in [0.3, 0.4) is 0 Å². The molecule has 1 aliphatic rings. The van der Waals surface area contributed by atoms with Gasteiger partial charge in [0, 0.05) is 10.8 Å². The van der Waals surface area contributed by atoms with Crippen molar-refractivity contribution in [1.82, 2.24) is 5.32 Å². The van der Waals surface area contributed by atoms with Gasteiger partial charge in [-0.3, -0.25) is 4.99 Å². The topological polar surface area (TPSA) is 24.4 Å². The van der Waals surface area contributed by atoms with Crippen LogP contribution in [0.5, 0.6) is 0 Å². The monoisotopic (exact) mass is 266 g/mol. The van der Waals surface area contributed by atoms with Crippen molar-refractivity contribution in [2.75, 3.05) is 6.54 Å². The Morgan fingerprint density at radius 1 is 1.50 bits per heavy atom. The molecule has 98 valence electrons. The van der Waals surface area contributed by atoms with Gasteiger partial charge in [0.1, 0.15) is 5.82 Å². The Morgan fingerprint density at radius 2 is 2.28 bits per heavy atom. The highest BCUT2D eigenvalue weighted by molar-refractivity contribution is 8.14. The van der Waals surface area contributed by atoms with Gasteiger partial charge in [0.2, 0.25) is 0 Å². The molecule has 2 nitrogen and oxygen atoms in total. The Morgan fingerprint density at radius 3 is 3.00 bits per heavy atom. The summed E-state index contributed by atoms with van der Waals surface area (Å²) in [6.07, 6.45) is 2.37. The summed E-state index contributed by atoms with van der Waals surface area (Å²) in [5.74, 6) is -0.161. The summed E-state index contributed by atoms with van der Waals surface area (Å²) in [6.45, 7) is 5.04. The van der Waals surface area contributed by atoms with Crippen LogP contribution in [0.2, 0.25) is 0 Å². The van der Waals surface area contributed by atoms with Crippen LogP contribution in [0.25, 0.3) is 0 Å². The second-order valence-corrected chi connectivity index (χ2v) is 5.85. The first-order chi connectivity index (χ1) is 8.70. The summed E-state index contributed by atoms with van der Waals surface area (Å²) in [5.41, 5.74) is 0.694. The standard InChI is InChI=1S/C14H19FN2S/c1-3-6-11-9-16-14(18-11)17-10(2)12-7-4-5-8-13(12)15/h4-5,7-8,10-11H,3,6,9H2,1-2H3,(H,16,17). The van der Waals surface area contributed by atoms with E-state index >= 15 is 0 Å². The van der Waals surface area contributed by atoms with Crippen LogP contribution >= 0.6 is 11.8 Å². The van der Waals surface area contributed by atoms with Crippen molar-refractivity contribution in [3.63, 3.8) is 0 Å². The van der Waals surface area contributed by atoms with E-state index in [0.29, 0.717) is 10.8 Å². The van der Waals surface area contributed by atoms with E-state index in [1.807, 2.05) is 19.1 Å². The molecule has 0 saturated heterocycles. The lowest BCUT2D eigenvalue weighted by Crippen LogP contribution is -2.24. The van der Waals surface area contributed by atoms with Gasteiger partial charge < -0.3 is 5.32 Å². The number of hydrogen-bond acceptors (Lipinski definition) is 3. The van der Waals surface area contributed by atoms with E-state index in [1.54, 1.807) is 17.8 Å². The molecule has 1 aromatic carbocycles. The van der Waals surface area contributed by atoms with Crippen LogP contribution in [0, 0.1) is 5.82 Å². The molecule has 1 aliphatic heterocycles. The first-order valence-electron chi connectivity index (χ1n) is 6.42. The zero-order chi connectivity index (χ0) is 13.0. The normalized spacial score (nSPS) is 20.6. The van der Waals surface area contributed by atoms with Crippen molar-refractivity contribution in [1.29, 1.82) is 0 Å². The third kappa shape index (κ3) is 3.25. The van der Waals surface area contributed by atoms with Crippen molar-refractivity contribution < 1.29 is 4.39 Å². The van der Waals surface area contributed by atoms with Gasteiger partial charge in [0.15, 0.2) is 5.17 Å². The Hall–Kier alpha value is -1.03. The molecule has 0 spiro atoms. The lowest BCUT2D eigenvalue weighted by molar-refractivity contribution is 0.580. The molecule has 1 N–H and O–H groups in total. The summed E-state index contributed by atoms with van der Waals surface area (Å²) in [6, 6.07) is 6.84. The maximum atomic E-state index is 13.6.